The van der Waals surface area contributed by atoms with Gasteiger partial charge in [0, 0.05) is 98.5 Å². The molecule has 0 unspecified atom stereocenters. The van der Waals surface area contributed by atoms with Crippen LogP contribution in [-0.2, 0) is 0 Å². The topological polar surface area (TPSA) is 176 Å². The first-order valence-corrected chi connectivity index (χ1v) is 16.1. The molecule has 12 nitrogen and oxygen atoms in total. The average Bonchev–Trinajstić information content (AvgIpc) is 2.98. The molecule has 0 radical (unpaired) electrons. The Morgan fingerprint density at radius 1 is 0.268 bits per heavy atom. The second kappa shape index (κ2) is 39.5. The third-order valence-electron chi connectivity index (χ3n) is 6.48. The highest BCUT2D eigenvalue weighted by atomic mass is 16.3. The van der Waals surface area contributed by atoms with Crippen LogP contribution in [0, 0.1) is 0 Å². The molecule has 0 saturated carbocycles. The fraction of sp³-hybridized carbons (Fsp3) is 1.00. The molecule has 0 aliphatic rings. The summed E-state index contributed by atoms with van der Waals surface area (Å²) < 4.78 is 0. The van der Waals surface area contributed by atoms with Crippen LogP contribution in [0.5, 0.6) is 0 Å². The summed E-state index contributed by atoms with van der Waals surface area (Å²) in [6.45, 7) is 14.7. The minimum absolute atomic E-state index is 0.229. The number of unbranched alkanes of at least 4 members (excludes halogenated alkanes) is 3. The van der Waals surface area contributed by atoms with Crippen molar-refractivity contribution in [3.63, 3.8) is 0 Å². The van der Waals surface area contributed by atoms with E-state index in [1.165, 1.54) is 0 Å². The van der Waals surface area contributed by atoms with Crippen LogP contribution in [0.3, 0.4) is 0 Å². The molecule has 0 aromatic rings. The number of hydrogen-bond donors (Lipinski definition) is 10. The quantitative estimate of drug-likeness (QED) is 0.0394. The van der Waals surface area contributed by atoms with Crippen molar-refractivity contribution in [1.29, 1.82) is 0 Å². The highest BCUT2D eigenvalue weighted by molar-refractivity contribution is 4.64. The maximum Gasteiger partial charge on any atom is 0.0443 e. The first kappa shape index (κ1) is 42.7. The summed E-state index contributed by atoms with van der Waals surface area (Å²) >= 11 is 0. The molecule has 0 amide bonds. The fourth-order valence-corrected chi connectivity index (χ4v) is 3.99. The minimum atomic E-state index is 0.229. The number of aliphatic hydroxyl groups is 6. The zero-order valence-electron chi connectivity index (χ0n) is 26.1. The number of hydrogen-bond acceptors (Lipinski definition) is 12. The molecule has 12 heteroatoms. The Morgan fingerprint density at radius 2 is 0.561 bits per heavy atom. The predicted octanol–water partition coefficient (Wildman–Crippen LogP) is -1.60. The summed E-state index contributed by atoms with van der Waals surface area (Å²) in [7, 11) is 0. The van der Waals surface area contributed by atoms with E-state index in [-0.39, 0.29) is 39.6 Å². The molecule has 0 saturated heterocycles. The van der Waals surface area contributed by atoms with Crippen LogP contribution in [-0.4, -0.2) is 172 Å². The van der Waals surface area contributed by atoms with Crippen molar-refractivity contribution in [2.45, 2.75) is 57.8 Å². The highest BCUT2D eigenvalue weighted by Crippen LogP contribution is 1.95. The van der Waals surface area contributed by atoms with Gasteiger partial charge in [-0.15, -0.1) is 0 Å². The van der Waals surface area contributed by atoms with Crippen LogP contribution in [0.1, 0.15) is 57.8 Å². The maximum absolute atomic E-state index is 8.89. The van der Waals surface area contributed by atoms with Gasteiger partial charge in [-0.05, 0) is 90.5 Å². The van der Waals surface area contributed by atoms with Gasteiger partial charge in [0.2, 0.25) is 0 Å². The molecule has 0 aliphatic heterocycles. The molecule has 0 fully saturated rings. The number of rotatable bonds is 33. The SMILES string of the molecule is OCCCCNCCN(CCCCO)CCNCCCCO.OCCCNCCN(CCCO)CCNCCCO. The highest BCUT2D eigenvalue weighted by Gasteiger charge is 2.05. The molecule has 0 spiro atoms. The molecule has 0 rings (SSSR count). The molecule has 0 bridgehead atoms. The fourth-order valence-electron chi connectivity index (χ4n) is 3.99. The van der Waals surface area contributed by atoms with Crippen molar-refractivity contribution < 1.29 is 30.6 Å². The van der Waals surface area contributed by atoms with E-state index in [0.717, 1.165) is 149 Å². The molecule has 0 aromatic heterocycles. The Morgan fingerprint density at radius 3 is 0.902 bits per heavy atom. The van der Waals surface area contributed by atoms with Crippen molar-refractivity contribution in [1.82, 2.24) is 31.1 Å². The molecule has 41 heavy (non-hydrogen) atoms. The standard InChI is InChI=1S/C16H37N3O3.C13H31N3O3/c20-14-4-1-7-17-9-12-19(11-3-6-16-22)13-10-18-8-2-5-15-21;17-11-1-4-14-6-9-16(8-3-13-19)10-7-15-5-2-12-18/h17-18,20-22H,1-16H2;14-15,17-19H,1-13H2. The van der Waals surface area contributed by atoms with Crippen LogP contribution in [0.25, 0.3) is 0 Å². The lowest BCUT2D eigenvalue weighted by Gasteiger charge is -2.22. The Balaban J connectivity index is 0. The number of aliphatic hydroxyl groups excluding tert-OH is 6. The van der Waals surface area contributed by atoms with Crippen LogP contribution >= 0.6 is 0 Å². The summed E-state index contributed by atoms with van der Waals surface area (Å²) in [5.41, 5.74) is 0. The second-order valence-corrected chi connectivity index (χ2v) is 10.2. The van der Waals surface area contributed by atoms with Crippen LogP contribution in [0.4, 0.5) is 0 Å². The van der Waals surface area contributed by atoms with Crippen LogP contribution in [0.15, 0.2) is 0 Å². The first-order chi connectivity index (χ1) is 20.2. The van der Waals surface area contributed by atoms with E-state index in [9.17, 15) is 0 Å². The first-order valence-electron chi connectivity index (χ1n) is 16.1. The Bertz CT molecular complexity index is 430. The Kier molecular flexibility index (Phi) is 41.1. The van der Waals surface area contributed by atoms with Crippen LogP contribution < -0.4 is 21.3 Å². The van der Waals surface area contributed by atoms with Gasteiger partial charge in [-0.2, -0.15) is 0 Å². The van der Waals surface area contributed by atoms with E-state index < -0.39 is 0 Å². The number of nitrogens with one attached hydrogen (secondary N) is 4. The van der Waals surface area contributed by atoms with Gasteiger partial charge in [0.05, 0.1) is 0 Å². The van der Waals surface area contributed by atoms with Crippen LogP contribution in [0.2, 0.25) is 0 Å². The second-order valence-electron chi connectivity index (χ2n) is 10.2. The summed E-state index contributed by atoms with van der Waals surface area (Å²) in [4.78, 5) is 4.74. The van der Waals surface area contributed by atoms with E-state index in [1.54, 1.807) is 0 Å². The molecule has 0 aliphatic carbocycles. The van der Waals surface area contributed by atoms with E-state index >= 15 is 0 Å². The molecule has 0 aromatic carbocycles. The van der Waals surface area contributed by atoms with Gasteiger partial charge in [0.1, 0.15) is 0 Å². The summed E-state index contributed by atoms with van der Waals surface area (Å²) in [5.74, 6) is 0. The monoisotopic (exact) mass is 597 g/mol. The zero-order valence-corrected chi connectivity index (χ0v) is 26.1. The lowest BCUT2D eigenvalue weighted by Crippen LogP contribution is -2.38. The van der Waals surface area contributed by atoms with E-state index in [4.69, 9.17) is 30.6 Å². The van der Waals surface area contributed by atoms with Gasteiger partial charge < -0.3 is 61.7 Å². The lowest BCUT2D eigenvalue weighted by molar-refractivity contribution is 0.222. The maximum atomic E-state index is 8.89. The largest absolute Gasteiger partial charge is 0.396 e. The third kappa shape index (κ3) is 37.5. The van der Waals surface area contributed by atoms with Gasteiger partial charge in [0.15, 0.2) is 0 Å². The van der Waals surface area contributed by atoms with Crippen molar-refractivity contribution >= 4 is 0 Å². The van der Waals surface area contributed by atoms with E-state index in [1.807, 2.05) is 0 Å². The Labute approximate surface area is 250 Å². The molecule has 250 valence electrons. The van der Waals surface area contributed by atoms with Gasteiger partial charge in [-0.1, -0.05) is 0 Å². The normalized spacial score (nSPS) is 11.4. The third-order valence-corrected chi connectivity index (χ3v) is 6.48. The molecule has 10 N–H and O–H groups in total. The molecular formula is C29H68N6O6. The smallest absolute Gasteiger partial charge is 0.0443 e. The predicted molar refractivity (Wildman–Crippen MR) is 168 cm³/mol. The van der Waals surface area contributed by atoms with Gasteiger partial charge in [-0.25, -0.2) is 0 Å². The van der Waals surface area contributed by atoms with Crippen molar-refractivity contribution in [2.75, 3.05) is 131 Å². The summed E-state index contributed by atoms with van der Waals surface area (Å²) in [6.07, 6.45) is 8.05. The van der Waals surface area contributed by atoms with Crippen molar-refractivity contribution in [3.8, 4) is 0 Å². The van der Waals surface area contributed by atoms with Gasteiger partial charge in [0.25, 0.3) is 0 Å². The summed E-state index contributed by atoms with van der Waals surface area (Å²) in [5, 5.41) is 66.0. The van der Waals surface area contributed by atoms with Crippen molar-refractivity contribution in [2.24, 2.45) is 0 Å². The van der Waals surface area contributed by atoms with E-state index in [2.05, 4.69) is 31.1 Å². The Hall–Kier alpha value is -0.480. The molecule has 0 heterocycles. The molecular weight excluding hydrogens is 528 g/mol. The summed E-state index contributed by atoms with van der Waals surface area (Å²) in [6, 6.07) is 0. The lowest BCUT2D eigenvalue weighted by atomic mass is 10.3. The average molecular weight is 597 g/mol. The zero-order chi connectivity index (χ0) is 30.5. The van der Waals surface area contributed by atoms with Crippen molar-refractivity contribution in [3.05, 3.63) is 0 Å². The van der Waals surface area contributed by atoms with Gasteiger partial charge >= 0.3 is 0 Å². The minimum Gasteiger partial charge on any atom is -0.396 e. The van der Waals surface area contributed by atoms with E-state index in [0.29, 0.717) is 0 Å². The number of nitrogens with zero attached hydrogens (tertiary/aromatic N) is 2. The van der Waals surface area contributed by atoms with Gasteiger partial charge in [-0.3, -0.25) is 0 Å². The molecule has 0 atom stereocenters.